The van der Waals surface area contributed by atoms with Crippen molar-refractivity contribution in [2.24, 2.45) is 11.8 Å². The highest BCUT2D eigenvalue weighted by atomic mass is 32.1. The second kappa shape index (κ2) is 8.61. The number of carbonyl (C=O) groups is 1. The fourth-order valence-corrected chi connectivity index (χ4v) is 4.86. The Balaban J connectivity index is 1.16. The zero-order valence-corrected chi connectivity index (χ0v) is 17.0. The summed E-state index contributed by atoms with van der Waals surface area (Å²) in [6, 6.07) is 8.46. The Labute approximate surface area is 165 Å². The van der Waals surface area contributed by atoms with Gasteiger partial charge in [-0.3, -0.25) is 9.69 Å². The van der Waals surface area contributed by atoms with Crippen LogP contribution in [-0.4, -0.2) is 30.4 Å². The predicted molar refractivity (Wildman–Crippen MR) is 109 cm³/mol. The fourth-order valence-electron chi connectivity index (χ4n) is 4.11. The fraction of sp³-hybridized carbons (Fsp3) is 0.591. The molecule has 1 saturated carbocycles. The van der Waals surface area contributed by atoms with E-state index in [-0.39, 0.29) is 5.91 Å². The zero-order valence-electron chi connectivity index (χ0n) is 16.2. The van der Waals surface area contributed by atoms with Crippen LogP contribution in [0.1, 0.15) is 54.9 Å². The summed E-state index contributed by atoms with van der Waals surface area (Å²) in [7, 11) is 0. The molecule has 146 valence electrons. The number of hydrogen-bond donors (Lipinski definition) is 1. The Bertz CT molecular complexity index is 739. The van der Waals surface area contributed by atoms with Crippen LogP contribution in [0, 0.1) is 11.8 Å². The highest BCUT2D eigenvalue weighted by Gasteiger charge is 2.36. The Hall–Kier alpha value is -1.59. The maximum Gasteiger partial charge on any atom is 0.220 e. The Kier molecular flexibility index (Phi) is 5.98. The quantitative estimate of drug-likeness (QED) is 0.730. The SMILES string of the molecule is C[C@@H]1C[C@@H]1c1ccc(CCC(=O)NC[C@H]2CCCN(Cc3cccs3)C2)o1. The second-order valence-corrected chi connectivity index (χ2v) is 9.28. The van der Waals surface area contributed by atoms with E-state index in [1.807, 2.05) is 17.4 Å². The number of carbonyl (C=O) groups excluding carboxylic acids is 1. The molecule has 1 amide bonds. The van der Waals surface area contributed by atoms with Crippen molar-refractivity contribution in [1.82, 2.24) is 10.2 Å². The van der Waals surface area contributed by atoms with E-state index in [1.165, 1.54) is 30.7 Å². The number of aryl methyl sites for hydroxylation is 1. The molecule has 1 aliphatic carbocycles. The molecule has 0 bridgehead atoms. The molecular formula is C22H30N2O2S. The molecule has 2 aliphatic rings. The highest BCUT2D eigenvalue weighted by molar-refractivity contribution is 7.09. The number of rotatable bonds is 8. The van der Waals surface area contributed by atoms with Gasteiger partial charge in [0.2, 0.25) is 5.91 Å². The highest BCUT2D eigenvalue weighted by Crippen LogP contribution is 2.47. The van der Waals surface area contributed by atoms with E-state index in [0.717, 1.165) is 37.1 Å². The van der Waals surface area contributed by atoms with Crippen LogP contribution in [0.2, 0.25) is 0 Å². The van der Waals surface area contributed by atoms with E-state index in [1.54, 1.807) is 0 Å². The standard InChI is InChI=1S/C22H30N2O2S/c1-16-12-20(16)21-8-6-18(26-21)7-9-22(25)23-13-17-4-2-10-24(14-17)15-19-5-3-11-27-19/h3,5-6,8,11,16-17,20H,2,4,7,9-10,12-15H2,1H3,(H,23,25)/t16-,17-,20+/m1/s1. The molecule has 1 aliphatic heterocycles. The first kappa shape index (κ1) is 18.8. The number of nitrogens with one attached hydrogen (secondary N) is 1. The summed E-state index contributed by atoms with van der Waals surface area (Å²) < 4.78 is 5.90. The van der Waals surface area contributed by atoms with Gasteiger partial charge in [0.1, 0.15) is 11.5 Å². The van der Waals surface area contributed by atoms with Gasteiger partial charge >= 0.3 is 0 Å². The molecule has 4 nitrogen and oxygen atoms in total. The van der Waals surface area contributed by atoms with Gasteiger partial charge in [0.05, 0.1) is 0 Å². The third-order valence-corrected chi connectivity index (χ3v) is 6.77. The monoisotopic (exact) mass is 386 g/mol. The summed E-state index contributed by atoms with van der Waals surface area (Å²) in [5.74, 6) is 4.11. The molecule has 2 aromatic rings. The third kappa shape index (κ3) is 5.23. The van der Waals surface area contributed by atoms with Crippen LogP contribution in [0.5, 0.6) is 0 Å². The minimum Gasteiger partial charge on any atom is -0.466 e. The predicted octanol–water partition coefficient (Wildman–Crippen LogP) is 4.43. The average Bonchev–Trinajstić information content (AvgIpc) is 3.07. The lowest BCUT2D eigenvalue weighted by molar-refractivity contribution is -0.121. The summed E-state index contributed by atoms with van der Waals surface area (Å²) >= 11 is 1.83. The largest absolute Gasteiger partial charge is 0.466 e. The molecule has 2 aromatic heterocycles. The van der Waals surface area contributed by atoms with Crippen LogP contribution < -0.4 is 5.32 Å². The van der Waals surface area contributed by atoms with Crippen LogP contribution in [0.25, 0.3) is 0 Å². The van der Waals surface area contributed by atoms with Crippen molar-refractivity contribution in [1.29, 1.82) is 0 Å². The van der Waals surface area contributed by atoms with Crippen LogP contribution in [0.15, 0.2) is 34.1 Å². The number of likely N-dealkylation sites (tertiary alicyclic amines) is 1. The summed E-state index contributed by atoms with van der Waals surface area (Å²) in [6.45, 7) is 6.35. The van der Waals surface area contributed by atoms with E-state index in [0.29, 0.717) is 24.7 Å². The van der Waals surface area contributed by atoms with Crippen LogP contribution in [-0.2, 0) is 17.8 Å². The molecule has 0 radical (unpaired) electrons. The smallest absolute Gasteiger partial charge is 0.220 e. The average molecular weight is 387 g/mol. The second-order valence-electron chi connectivity index (χ2n) is 8.25. The Morgan fingerprint density at radius 2 is 2.26 bits per heavy atom. The molecule has 27 heavy (non-hydrogen) atoms. The number of furan rings is 1. The van der Waals surface area contributed by atoms with Crippen LogP contribution >= 0.6 is 11.3 Å². The first-order valence-electron chi connectivity index (χ1n) is 10.3. The minimum absolute atomic E-state index is 0.142. The Morgan fingerprint density at radius 3 is 3.04 bits per heavy atom. The van der Waals surface area contributed by atoms with Crippen molar-refractivity contribution in [3.63, 3.8) is 0 Å². The van der Waals surface area contributed by atoms with Crippen molar-refractivity contribution < 1.29 is 9.21 Å². The summed E-state index contributed by atoms with van der Waals surface area (Å²) in [6.07, 6.45) is 4.88. The zero-order chi connectivity index (χ0) is 18.6. The summed E-state index contributed by atoms with van der Waals surface area (Å²) in [5.41, 5.74) is 0. The Morgan fingerprint density at radius 1 is 1.37 bits per heavy atom. The van der Waals surface area contributed by atoms with Gasteiger partial charge in [-0.25, -0.2) is 0 Å². The lowest BCUT2D eigenvalue weighted by Crippen LogP contribution is -2.40. The van der Waals surface area contributed by atoms with Gasteiger partial charge in [0.15, 0.2) is 0 Å². The van der Waals surface area contributed by atoms with Crippen molar-refractivity contribution >= 4 is 17.2 Å². The molecular weight excluding hydrogens is 356 g/mol. The molecule has 4 rings (SSSR count). The van der Waals surface area contributed by atoms with Crippen LogP contribution in [0.4, 0.5) is 0 Å². The number of hydrogen-bond acceptors (Lipinski definition) is 4. The van der Waals surface area contributed by atoms with Crippen molar-refractivity contribution in [2.75, 3.05) is 19.6 Å². The van der Waals surface area contributed by atoms with Gasteiger partial charge in [0, 0.05) is 43.3 Å². The molecule has 0 aromatic carbocycles. The van der Waals surface area contributed by atoms with Crippen molar-refractivity contribution in [2.45, 2.75) is 51.5 Å². The molecule has 5 heteroatoms. The first-order chi connectivity index (χ1) is 13.2. The van der Waals surface area contributed by atoms with Gasteiger partial charge in [-0.2, -0.15) is 0 Å². The lowest BCUT2D eigenvalue weighted by Gasteiger charge is -2.32. The number of amides is 1. The van der Waals surface area contributed by atoms with Gasteiger partial charge in [-0.15, -0.1) is 11.3 Å². The normalized spacial score (nSPS) is 25.4. The molecule has 1 N–H and O–H groups in total. The van der Waals surface area contributed by atoms with Gasteiger partial charge in [0.25, 0.3) is 0 Å². The first-order valence-corrected chi connectivity index (χ1v) is 11.2. The van der Waals surface area contributed by atoms with Crippen molar-refractivity contribution in [3.05, 3.63) is 46.0 Å². The van der Waals surface area contributed by atoms with E-state index in [9.17, 15) is 4.79 Å². The van der Waals surface area contributed by atoms with Crippen LogP contribution in [0.3, 0.4) is 0 Å². The summed E-state index contributed by atoms with van der Waals surface area (Å²) in [5, 5.41) is 5.29. The molecule has 2 fully saturated rings. The van der Waals surface area contributed by atoms with E-state index < -0.39 is 0 Å². The van der Waals surface area contributed by atoms with Gasteiger partial charge in [-0.05, 0) is 61.2 Å². The maximum absolute atomic E-state index is 12.2. The molecule has 0 spiro atoms. The molecule has 1 saturated heterocycles. The van der Waals surface area contributed by atoms with Gasteiger partial charge in [-0.1, -0.05) is 13.0 Å². The van der Waals surface area contributed by atoms with E-state index in [4.69, 9.17) is 4.42 Å². The third-order valence-electron chi connectivity index (χ3n) is 5.91. The van der Waals surface area contributed by atoms with Crippen molar-refractivity contribution in [3.8, 4) is 0 Å². The van der Waals surface area contributed by atoms with Gasteiger partial charge < -0.3 is 9.73 Å². The number of nitrogens with zero attached hydrogens (tertiary/aromatic N) is 1. The van der Waals surface area contributed by atoms with E-state index in [2.05, 4.69) is 40.7 Å². The molecule has 3 heterocycles. The molecule has 3 atom stereocenters. The maximum atomic E-state index is 12.2. The summed E-state index contributed by atoms with van der Waals surface area (Å²) in [4.78, 5) is 16.2. The topological polar surface area (TPSA) is 45.5 Å². The number of thiophene rings is 1. The van der Waals surface area contributed by atoms with E-state index >= 15 is 0 Å². The number of piperidine rings is 1. The minimum atomic E-state index is 0.142. The lowest BCUT2D eigenvalue weighted by atomic mass is 9.98. The molecule has 0 unspecified atom stereocenters.